The van der Waals surface area contributed by atoms with E-state index in [1.165, 1.54) is 11.6 Å². The highest BCUT2D eigenvalue weighted by Gasteiger charge is 2.04. The number of aromatic carboxylic acids is 1. The summed E-state index contributed by atoms with van der Waals surface area (Å²) in [6, 6.07) is 13.3. The molecule has 0 bridgehead atoms. The lowest BCUT2D eigenvalue weighted by atomic mass is 10.1. The molecule has 116 valence electrons. The van der Waals surface area contributed by atoms with Gasteiger partial charge < -0.3 is 15.3 Å². The molecule has 2 rings (SSSR count). The van der Waals surface area contributed by atoms with Crippen LogP contribution in [0.3, 0.4) is 0 Å². The molecule has 0 unspecified atom stereocenters. The van der Waals surface area contributed by atoms with Crippen LogP contribution in [0.5, 0.6) is 0 Å². The van der Waals surface area contributed by atoms with Gasteiger partial charge in [0.25, 0.3) is 0 Å². The standard InChI is InChI=1S/C17H21N3O2/c1-20(2)11-10-13-6-8-14(9-7-13)12-18-16-5-3-4-15(19-16)17(21)22/h3-9H,10-12H2,1-2H3,(H,18,19)(H,21,22). The van der Waals surface area contributed by atoms with E-state index in [2.05, 4.69) is 53.6 Å². The fourth-order valence-electron chi connectivity index (χ4n) is 2.02. The molecule has 0 amide bonds. The molecular formula is C17H21N3O2. The molecule has 0 atom stereocenters. The predicted octanol–water partition coefficient (Wildman–Crippen LogP) is 2.50. The van der Waals surface area contributed by atoms with Crippen LogP contribution in [-0.2, 0) is 13.0 Å². The molecule has 0 saturated carbocycles. The first-order valence-electron chi connectivity index (χ1n) is 7.21. The zero-order chi connectivity index (χ0) is 15.9. The molecule has 5 heteroatoms. The Bertz CT molecular complexity index is 624. The SMILES string of the molecule is CN(C)CCc1ccc(CNc2cccc(C(=O)O)n2)cc1. The molecule has 2 N–H and O–H groups in total. The number of nitrogens with one attached hydrogen (secondary N) is 1. The van der Waals surface area contributed by atoms with Crippen molar-refractivity contribution in [2.75, 3.05) is 26.0 Å². The maximum absolute atomic E-state index is 10.9. The van der Waals surface area contributed by atoms with Crippen LogP contribution in [0.4, 0.5) is 5.82 Å². The maximum atomic E-state index is 10.9. The van der Waals surface area contributed by atoms with Gasteiger partial charge in [-0.15, -0.1) is 0 Å². The van der Waals surface area contributed by atoms with Gasteiger partial charge in [0.15, 0.2) is 5.69 Å². The first-order chi connectivity index (χ1) is 10.5. The average Bonchev–Trinajstić information content (AvgIpc) is 2.52. The molecule has 0 fully saturated rings. The highest BCUT2D eigenvalue weighted by Crippen LogP contribution is 2.10. The predicted molar refractivity (Wildman–Crippen MR) is 87.2 cm³/mol. The zero-order valence-corrected chi connectivity index (χ0v) is 12.9. The summed E-state index contributed by atoms with van der Waals surface area (Å²) in [5, 5.41) is 12.1. The molecule has 0 aliphatic rings. The van der Waals surface area contributed by atoms with Gasteiger partial charge in [0.2, 0.25) is 0 Å². The van der Waals surface area contributed by atoms with Crippen LogP contribution in [0.15, 0.2) is 42.5 Å². The molecular weight excluding hydrogens is 278 g/mol. The summed E-state index contributed by atoms with van der Waals surface area (Å²) in [6.07, 6.45) is 1.03. The van der Waals surface area contributed by atoms with E-state index in [1.54, 1.807) is 12.1 Å². The molecule has 0 aliphatic heterocycles. The van der Waals surface area contributed by atoms with E-state index in [0.717, 1.165) is 18.5 Å². The number of likely N-dealkylation sites (N-methyl/N-ethyl adjacent to an activating group) is 1. The maximum Gasteiger partial charge on any atom is 0.354 e. The molecule has 1 aromatic heterocycles. The van der Waals surface area contributed by atoms with Crippen LogP contribution in [0.25, 0.3) is 0 Å². The summed E-state index contributed by atoms with van der Waals surface area (Å²) < 4.78 is 0. The second kappa shape index (κ2) is 7.56. The molecule has 0 spiro atoms. The summed E-state index contributed by atoms with van der Waals surface area (Å²) in [4.78, 5) is 17.1. The van der Waals surface area contributed by atoms with Gasteiger partial charge in [-0.2, -0.15) is 0 Å². The van der Waals surface area contributed by atoms with Gasteiger partial charge in [0.1, 0.15) is 5.82 Å². The van der Waals surface area contributed by atoms with Crippen molar-refractivity contribution in [3.05, 3.63) is 59.3 Å². The molecule has 1 aromatic carbocycles. The van der Waals surface area contributed by atoms with Crippen molar-refractivity contribution in [1.29, 1.82) is 0 Å². The minimum Gasteiger partial charge on any atom is -0.477 e. The first-order valence-corrected chi connectivity index (χ1v) is 7.21. The summed E-state index contributed by atoms with van der Waals surface area (Å²) in [5.74, 6) is -0.453. The Morgan fingerprint density at radius 2 is 1.82 bits per heavy atom. The Labute approximate surface area is 130 Å². The van der Waals surface area contributed by atoms with Crippen LogP contribution in [0, 0.1) is 0 Å². The van der Waals surface area contributed by atoms with Gasteiger partial charge in [-0.1, -0.05) is 30.3 Å². The minimum atomic E-state index is -1.02. The number of carbonyl (C=O) groups is 1. The molecule has 1 heterocycles. The van der Waals surface area contributed by atoms with Gasteiger partial charge in [0.05, 0.1) is 0 Å². The lowest BCUT2D eigenvalue weighted by molar-refractivity contribution is 0.0690. The first kappa shape index (κ1) is 16.0. The highest BCUT2D eigenvalue weighted by atomic mass is 16.4. The van der Waals surface area contributed by atoms with Gasteiger partial charge in [0, 0.05) is 13.1 Å². The third-order valence-corrected chi connectivity index (χ3v) is 3.31. The van der Waals surface area contributed by atoms with Crippen molar-refractivity contribution in [3.8, 4) is 0 Å². The summed E-state index contributed by atoms with van der Waals surface area (Å²) >= 11 is 0. The minimum absolute atomic E-state index is 0.0454. The van der Waals surface area contributed by atoms with Gasteiger partial charge in [-0.3, -0.25) is 0 Å². The number of anilines is 1. The average molecular weight is 299 g/mol. The number of hydrogen-bond acceptors (Lipinski definition) is 4. The fourth-order valence-corrected chi connectivity index (χ4v) is 2.02. The molecule has 22 heavy (non-hydrogen) atoms. The lowest BCUT2D eigenvalue weighted by Gasteiger charge is -2.10. The number of carboxylic acid groups (broad SMARTS) is 1. The number of pyridine rings is 1. The second-order valence-electron chi connectivity index (χ2n) is 5.44. The van der Waals surface area contributed by atoms with Crippen molar-refractivity contribution in [1.82, 2.24) is 9.88 Å². The van der Waals surface area contributed by atoms with Crippen LogP contribution in [-0.4, -0.2) is 41.6 Å². The Morgan fingerprint density at radius 1 is 1.14 bits per heavy atom. The van der Waals surface area contributed by atoms with Crippen molar-refractivity contribution in [2.24, 2.45) is 0 Å². The Hall–Kier alpha value is -2.40. The van der Waals surface area contributed by atoms with Crippen LogP contribution >= 0.6 is 0 Å². The van der Waals surface area contributed by atoms with Crippen molar-refractivity contribution >= 4 is 11.8 Å². The van der Waals surface area contributed by atoms with Crippen LogP contribution in [0.2, 0.25) is 0 Å². The number of aromatic nitrogens is 1. The van der Waals surface area contributed by atoms with Gasteiger partial charge in [-0.25, -0.2) is 9.78 Å². The monoisotopic (exact) mass is 299 g/mol. The second-order valence-corrected chi connectivity index (χ2v) is 5.44. The molecule has 0 saturated heterocycles. The van der Waals surface area contributed by atoms with Crippen LogP contribution < -0.4 is 5.32 Å². The normalized spacial score (nSPS) is 10.7. The quantitative estimate of drug-likeness (QED) is 0.822. The van der Waals surface area contributed by atoms with E-state index < -0.39 is 5.97 Å². The third kappa shape index (κ3) is 4.86. The topological polar surface area (TPSA) is 65.5 Å². The summed E-state index contributed by atoms with van der Waals surface area (Å²) in [5.41, 5.74) is 2.49. The smallest absolute Gasteiger partial charge is 0.354 e. The zero-order valence-electron chi connectivity index (χ0n) is 12.9. The van der Waals surface area contributed by atoms with E-state index in [9.17, 15) is 4.79 Å². The van der Waals surface area contributed by atoms with Crippen molar-refractivity contribution in [3.63, 3.8) is 0 Å². The lowest BCUT2D eigenvalue weighted by Crippen LogP contribution is -2.15. The molecule has 2 aromatic rings. The number of rotatable bonds is 7. The Morgan fingerprint density at radius 3 is 2.45 bits per heavy atom. The highest BCUT2D eigenvalue weighted by molar-refractivity contribution is 5.85. The van der Waals surface area contributed by atoms with E-state index in [4.69, 9.17) is 5.11 Å². The van der Waals surface area contributed by atoms with E-state index in [1.807, 2.05) is 0 Å². The number of benzene rings is 1. The van der Waals surface area contributed by atoms with Crippen LogP contribution in [0.1, 0.15) is 21.6 Å². The molecule has 5 nitrogen and oxygen atoms in total. The number of nitrogens with zero attached hydrogens (tertiary/aromatic N) is 2. The van der Waals surface area contributed by atoms with E-state index in [0.29, 0.717) is 12.4 Å². The van der Waals surface area contributed by atoms with E-state index >= 15 is 0 Å². The fraction of sp³-hybridized carbons (Fsp3) is 0.294. The molecule has 0 aliphatic carbocycles. The number of carboxylic acids is 1. The largest absolute Gasteiger partial charge is 0.477 e. The third-order valence-electron chi connectivity index (χ3n) is 3.31. The summed E-state index contributed by atoms with van der Waals surface area (Å²) in [6.45, 7) is 1.65. The van der Waals surface area contributed by atoms with Gasteiger partial charge in [-0.05, 0) is 43.8 Å². The van der Waals surface area contributed by atoms with Crippen molar-refractivity contribution in [2.45, 2.75) is 13.0 Å². The van der Waals surface area contributed by atoms with Crippen molar-refractivity contribution < 1.29 is 9.90 Å². The summed E-state index contributed by atoms with van der Waals surface area (Å²) in [7, 11) is 4.13. The Balaban J connectivity index is 1.91. The van der Waals surface area contributed by atoms with Gasteiger partial charge >= 0.3 is 5.97 Å². The van der Waals surface area contributed by atoms with E-state index in [-0.39, 0.29) is 5.69 Å². The molecule has 0 radical (unpaired) electrons. The number of hydrogen-bond donors (Lipinski definition) is 2. The Kier molecular flexibility index (Phi) is 5.49.